The first-order chi connectivity index (χ1) is 16.6. The average Bonchev–Trinajstić information content (AvgIpc) is 3.29. The fraction of sp³-hybridized carbons (Fsp3) is 0.192. The summed E-state index contributed by atoms with van der Waals surface area (Å²) in [6, 6.07) is 20.8. The number of rotatable bonds is 6. The van der Waals surface area contributed by atoms with E-state index in [0.29, 0.717) is 22.8 Å². The van der Waals surface area contributed by atoms with Crippen LogP contribution in [0.15, 0.2) is 71.1 Å². The van der Waals surface area contributed by atoms with E-state index in [0.717, 1.165) is 39.6 Å². The predicted molar refractivity (Wildman–Crippen MR) is 138 cm³/mol. The van der Waals surface area contributed by atoms with Crippen LogP contribution in [-0.2, 0) is 11.2 Å². The van der Waals surface area contributed by atoms with Crippen molar-refractivity contribution in [1.29, 1.82) is 0 Å². The highest BCUT2D eigenvalue weighted by atomic mass is 32.2. The van der Waals surface area contributed by atoms with E-state index in [2.05, 4.69) is 16.4 Å². The molecule has 0 unspecified atom stereocenters. The lowest BCUT2D eigenvalue weighted by Crippen LogP contribution is -2.36. The van der Waals surface area contributed by atoms with Crippen LogP contribution in [0.25, 0.3) is 10.2 Å². The van der Waals surface area contributed by atoms with Crippen LogP contribution in [0.2, 0.25) is 0 Å². The second-order valence-corrected chi connectivity index (χ2v) is 10.2. The molecule has 0 radical (unpaired) electrons. The van der Waals surface area contributed by atoms with Gasteiger partial charge in [-0.1, -0.05) is 30.0 Å². The second-order valence-electron chi connectivity index (χ2n) is 7.91. The molecular formula is C26H23N3O3S2. The summed E-state index contributed by atoms with van der Waals surface area (Å²) in [7, 11) is 1.59. The number of nitrogens with zero attached hydrogens (tertiary/aromatic N) is 2. The first-order valence-electron chi connectivity index (χ1n) is 11.0. The topological polar surface area (TPSA) is 71.5 Å². The van der Waals surface area contributed by atoms with Crippen molar-refractivity contribution in [3.63, 3.8) is 0 Å². The number of methoxy groups -OCH3 is 1. The molecule has 2 heterocycles. The summed E-state index contributed by atoms with van der Waals surface area (Å²) in [5.74, 6) is 0.961. The van der Waals surface area contributed by atoms with Gasteiger partial charge in [0.1, 0.15) is 5.75 Å². The van der Waals surface area contributed by atoms with Gasteiger partial charge in [-0.2, -0.15) is 0 Å². The van der Waals surface area contributed by atoms with E-state index in [1.807, 2.05) is 41.3 Å². The van der Waals surface area contributed by atoms with Crippen LogP contribution < -0.4 is 15.0 Å². The van der Waals surface area contributed by atoms with Crippen LogP contribution >= 0.6 is 23.1 Å². The Morgan fingerprint density at radius 1 is 1.12 bits per heavy atom. The number of benzene rings is 3. The van der Waals surface area contributed by atoms with Gasteiger partial charge in [0.05, 0.1) is 23.1 Å². The molecule has 3 aromatic carbocycles. The second kappa shape index (κ2) is 9.87. The number of hydrogen-bond donors (Lipinski definition) is 1. The maximum atomic E-state index is 12.9. The summed E-state index contributed by atoms with van der Waals surface area (Å²) < 4.78 is 6.94. The summed E-state index contributed by atoms with van der Waals surface area (Å²) in [5, 5.41) is 2.93. The number of hydrogen-bond acceptors (Lipinski definition) is 6. The molecule has 0 spiro atoms. The molecule has 2 amide bonds. The standard InChI is InChI=1S/C26H23N3O3S2/c1-32-20-11-8-18(9-12-20)25(31)27-19-10-13-21-23(15-19)34-26(28-21)33-16-24(30)29-14-4-6-17-5-2-3-7-22(17)29/h2-3,5,7-13,15H,4,6,14,16H2,1H3,(H,27,31). The van der Waals surface area contributed by atoms with E-state index in [1.165, 1.54) is 28.7 Å². The predicted octanol–water partition coefficient (Wildman–Crippen LogP) is 5.63. The van der Waals surface area contributed by atoms with Crippen molar-refractivity contribution in [2.45, 2.75) is 17.2 Å². The molecule has 0 aliphatic carbocycles. The number of para-hydroxylation sites is 1. The van der Waals surface area contributed by atoms with Gasteiger partial charge in [0, 0.05) is 23.5 Å². The van der Waals surface area contributed by atoms with Crippen molar-refractivity contribution < 1.29 is 14.3 Å². The van der Waals surface area contributed by atoms with E-state index in [1.54, 1.807) is 31.4 Å². The van der Waals surface area contributed by atoms with Crippen LogP contribution in [0.3, 0.4) is 0 Å². The van der Waals surface area contributed by atoms with Crippen molar-refractivity contribution in [1.82, 2.24) is 4.98 Å². The molecule has 172 valence electrons. The Bertz CT molecular complexity index is 1350. The van der Waals surface area contributed by atoms with Crippen molar-refractivity contribution in [2.24, 2.45) is 0 Å². The summed E-state index contributed by atoms with van der Waals surface area (Å²) in [4.78, 5) is 32.0. The number of aryl methyl sites for hydroxylation is 1. The van der Waals surface area contributed by atoms with E-state index in [4.69, 9.17) is 4.74 Å². The van der Waals surface area contributed by atoms with Gasteiger partial charge in [-0.25, -0.2) is 4.98 Å². The fourth-order valence-corrected chi connectivity index (χ4v) is 5.97. The normalized spacial score (nSPS) is 12.9. The van der Waals surface area contributed by atoms with E-state index in [-0.39, 0.29) is 11.8 Å². The number of nitrogens with one attached hydrogen (secondary N) is 1. The molecule has 1 N–H and O–H groups in total. The van der Waals surface area contributed by atoms with Crippen molar-refractivity contribution >= 4 is 56.5 Å². The van der Waals surface area contributed by atoms with Gasteiger partial charge in [0.15, 0.2) is 4.34 Å². The number of carbonyl (C=O) groups excluding carboxylic acids is 2. The smallest absolute Gasteiger partial charge is 0.255 e. The van der Waals surface area contributed by atoms with E-state index < -0.39 is 0 Å². The number of carbonyl (C=O) groups is 2. The number of fused-ring (bicyclic) bond motifs is 2. The Morgan fingerprint density at radius 2 is 1.94 bits per heavy atom. The van der Waals surface area contributed by atoms with Crippen LogP contribution in [0.1, 0.15) is 22.3 Å². The SMILES string of the molecule is COc1ccc(C(=O)Nc2ccc3nc(SCC(=O)N4CCCc5ccccc54)sc3c2)cc1. The van der Waals surface area contributed by atoms with Crippen LogP contribution in [0.5, 0.6) is 5.75 Å². The summed E-state index contributed by atoms with van der Waals surface area (Å²) in [6.07, 6.45) is 2.00. The minimum atomic E-state index is -0.187. The van der Waals surface area contributed by atoms with Crippen molar-refractivity contribution in [2.75, 3.05) is 29.6 Å². The highest BCUT2D eigenvalue weighted by Crippen LogP contribution is 2.33. The minimum absolute atomic E-state index is 0.101. The van der Waals surface area contributed by atoms with Gasteiger partial charge in [-0.15, -0.1) is 11.3 Å². The maximum Gasteiger partial charge on any atom is 0.255 e. The molecule has 0 saturated heterocycles. The number of ether oxygens (including phenoxy) is 1. The van der Waals surface area contributed by atoms with Crippen LogP contribution in [0.4, 0.5) is 11.4 Å². The maximum absolute atomic E-state index is 12.9. The Morgan fingerprint density at radius 3 is 2.76 bits per heavy atom. The molecule has 4 aromatic rings. The lowest BCUT2D eigenvalue weighted by atomic mass is 10.0. The zero-order valence-corrected chi connectivity index (χ0v) is 20.2. The molecular weight excluding hydrogens is 466 g/mol. The van der Waals surface area contributed by atoms with E-state index in [9.17, 15) is 9.59 Å². The number of thioether (sulfide) groups is 1. The summed E-state index contributed by atoms with van der Waals surface area (Å²) in [6.45, 7) is 0.757. The first kappa shape index (κ1) is 22.4. The quantitative estimate of drug-likeness (QED) is 0.356. The Labute approximate surface area is 206 Å². The Balaban J connectivity index is 1.24. The molecule has 0 fully saturated rings. The number of anilines is 2. The molecule has 34 heavy (non-hydrogen) atoms. The lowest BCUT2D eigenvalue weighted by molar-refractivity contribution is -0.116. The molecule has 1 aliphatic rings. The minimum Gasteiger partial charge on any atom is -0.497 e. The van der Waals surface area contributed by atoms with Gasteiger partial charge in [0.25, 0.3) is 5.91 Å². The van der Waals surface area contributed by atoms with Gasteiger partial charge in [-0.3, -0.25) is 9.59 Å². The molecule has 1 aromatic heterocycles. The third kappa shape index (κ3) is 4.78. The highest BCUT2D eigenvalue weighted by Gasteiger charge is 2.22. The van der Waals surface area contributed by atoms with Crippen molar-refractivity contribution in [3.8, 4) is 5.75 Å². The molecule has 6 nitrogen and oxygen atoms in total. The third-order valence-corrected chi connectivity index (χ3v) is 7.86. The van der Waals surface area contributed by atoms with Crippen molar-refractivity contribution in [3.05, 3.63) is 77.9 Å². The van der Waals surface area contributed by atoms with Gasteiger partial charge < -0.3 is 15.0 Å². The third-order valence-electron chi connectivity index (χ3n) is 5.71. The molecule has 0 atom stereocenters. The first-order valence-corrected chi connectivity index (χ1v) is 12.8. The van der Waals surface area contributed by atoms with Crippen LogP contribution in [0, 0.1) is 0 Å². The zero-order valence-electron chi connectivity index (χ0n) is 18.6. The molecule has 0 saturated carbocycles. The lowest BCUT2D eigenvalue weighted by Gasteiger charge is -2.29. The molecule has 1 aliphatic heterocycles. The fourth-order valence-electron chi connectivity index (χ4n) is 3.98. The van der Waals surface area contributed by atoms with Gasteiger partial charge in [-0.05, 0) is 66.9 Å². The Hall–Kier alpha value is -3.36. The average molecular weight is 490 g/mol. The van der Waals surface area contributed by atoms with Crippen LogP contribution in [-0.4, -0.2) is 36.2 Å². The largest absolute Gasteiger partial charge is 0.497 e. The number of amides is 2. The Kier molecular flexibility index (Phi) is 6.51. The van der Waals surface area contributed by atoms with E-state index >= 15 is 0 Å². The number of aromatic nitrogens is 1. The monoisotopic (exact) mass is 489 g/mol. The highest BCUT2D eigenvalue weighted by molar-refractivity contribution is 8.01. The molecule has 0 bridgehead atoms. The molecule has 5 rings (SSSR count). The molecule has 8 heteroatoms. The summed E-state index contributed by atoms with van der Waals surface area (Å²) in [5.41, 5.74) is 4.37. The van der Waals surface area contributed by atoms with Gasteiger partial charge >= 0.3 is 0 Å². The zero-order chi connectivity index (χ0) is 23.5. The van der Waals surface area contributed by atoms with Gasteiger partial charge in [0.2, 0.25) is 5.91 Å². The number of thiazole rings is 1. The summed E-state index contributed by atoms with van der Waals surface area (Å²) >= 11 is 2.99.